The Bertz CT molecular complexity index is 2000. The van der Waals surface area contributed by atoms with Gasteiger partial charge in [-0.1, -0.05) is 35.9 Å². The van der Waals surface area contributed by atoms with Gasteiger partial charge in [0, 0.05) is 32.4 Å². The first kappa shape index (κ1) is 36.2. The molecule has 0 spiro atoms. The SMILES string of the molecule is Cc1nc(NC(=O)c2ccccc2NC(=O)CCOCCNC(=O)C[C@@H]2N=C(c3ccc(Cl)cc3)c3c(sc(C)c3C)N3C2=NNC3C)sc1C. The molecule has 4 heterocycles. The van der Waals surface area contributed by atoms with Crippen molar-refractivity contribution in [1.29, 1.82) is 0 Å². The molecule has 0 fully saturated rings. The topological polar surface area (TPSA) is 149 Å². The van der Waals surface area contributed by atoms with Crippen LogP contribution in [-0.2, 0) is 14.3 Å². The van der Waals surface area contributed by atoms with Crippen LogP contribution < -0.4 is 26.3 Å². The van der Waals surface area contributed by atoms with E-state index in [4.69, 9.17) is 21.3 Å². The number of hydrogen-bond donors (Lipinski definition) is 4. The molecule has 4 N–H and O–H groups in total. The Hall–Kier alpha value is -4.63. The van der Waals surface area contributed by atoms with E-state index in [1.54, 1.807) is 35.6 Å². The average molecular weight is 747 g/mol. The number of anilines is 3. The van der Waals surface area contributed by atoms with Crippen LogP contribution in [0, 0.1) is 27.7 Å². The van der Waals surface area contributed by atoms with Gasteiger partial charge in [-0.15, -0.1) is 22.7 Å². The van der Waals surface area contributed by atoms with Gasteiger partial charge in [-0.3, -0.25) is 35.0 Å². The normalized spacial score (nSPS) is 16.3. The van der Waals surface area contributed by atoms with Crippen molar-refractivity contribution in [2.75, 3.05) is 35.3 Å². The van der Waals surface area contributed by atoms with Gasteiger partial charge in [-0.05, 0) is 64.4 Å². The number of para-hydroxylation sites is 1. The van der Waals surface area contributed by atoms with E-state index in [-0.39, 0.29) is 56.5 Å². The third-order valence-corrected chi connectivity index (χ3v) is 11.1. The number of thiazole rings is 1. The number of aryl methyl sites for hydroxylation is 3. The highest BCUT2D eigenvalue weighted by molar-refractivity contribution is 7.17. The van der Waals surface area contributed by atoms with Crippen LogP contribution in [0.15, 0.2) is 58.6 Å². The fourth-order valence-corrected chi connectivity index (χ4v) is 7.94. The molecule has 0 saturated heterocycles. The molecule has 2 atom stereocenters. The van der Waals surface area contributed by atoms with Crippen molar-refractivity contribution in [2.24, 2.45) is 10.1 Å². The van der Waals surface area contributed by atoms with Crippen LogP contribution in [-0.4, -0.2) is 66.2 Å². The minimum absolute atomic E-state index is 0.0723. The first-order valence-corrected chi connectivity index (χ1v) is 18.6. The Morgan fingerprint density at radius 3 is 2.47 bits per heavy atom. The number of ether oxygens (including phenoxy) is 1. The van der Waals surface area contributed by atoms with Crippen molar-refractivity contribution in [2.45, 2.75) is 59.7 Å². The Labute approximate surface area is 309 Å². The summed E-state index contributed by atoms with van der Waals surface area (Å²) in [6.07, 6.45) is 0.0587. The zero-order valence-corrected chi connectivity index (χ0v) is 31.3. The molecule has 2 aliphatic rings. The van der Waals surface area contributed by atoms with Crippen molar-refractivity contribution in [3.63, 3.8) is 0 Å². The van der Waals surface area contributed by atoms with Gasteiger partial charge in [0.25, 0.3) is 5.91 Å². The number of benzene rings is 2. The summed E-state index contributed by atoms with van der Waals surface area (Å²) in [7, 11) is 0. The summed E-state index contributed by atoms with van der Waals surface area (Å²) in [5, 5.41) is 15.3. The van der Waals surface area contributed by atoms with E-state index in [9.17, 15) is 14.4 Å². The fraction of sp³-hybridized carbons (Fsp3) is 0.333. The molecule has 6 rings (SSSR count). The number of rotatable bonds is 12. The summed E-state index contributed by atoms with van der Waals surface area (Å²) in [6.45, 7) is 10.7. The number of carbonyl (C=O) groups is 3. The third-order valence-electron chi connectivity index (χ3n) is 8.64. The molecule has 51 heavy (non-hydrogen) atoms. The lowest BCUT2D eigenvalue weighted by Crippen LogP contribution is -2.43. The second-order valence-corrected chi connectivity index (χ2v) is 15.1. The zero-order valence-electron chi connectivity index (χ0n) is 28.9. The van der Waals surface area contributed by atoms with E-state index in [0.717, 1.165) is 38.0 Å². The van der Waals surface area contributed by atoms with E-state index in [1.165, 1.54) is 16.2 Å². The minimum atomic E-state index is -0.531. The number of hydrogen-bond acceptors (Lipinski definition) is 11. The molecule has 1 unspecified atom stereocenters. The number of nitrogens with zero attached hydrogens (tertiary/aromatic N) is 4. The van der Waals surface area contributed by atoms with Crippen LogP contribution >= 0.6 is 34.3 Å². The molecule has 0 radical (unpaired) electrons. The Morgan fingerprint density at radius 2 is 1.73 bits per heavy atom. The maximum Gasteiger partial charge on any atom is 0.259 e. The van der Waals surface area contributed by atoms with Crippen LogP contribution in [0.25, 0.3) is 0 Å². The lowest BCUT2D eigenvalue weighted by molar-refractivity contribution is -0.121. The number of fused-ring (bicyclic) bond motifs is 3. The highest BCUT2D eigenvalue weighted by Crippen LogP contribution is 2.41. The molecule has 2 aromatic carbocycles. The van der Waals surface area contributed by atoms with Crippen molar-refractivity contribution in [3.05, 3.63) is 91.3 Å². The lowest BCUT2D eigenvalue weighted by atomic mass is 9.99. The maximum atomic E-state index is 13.2. The van der Waals surface area contributed by atoms with Crippen LogP contribution in [0.1, 0.15) is 62.3 Å². The number of aliphatic imine (C=N–C) groups is 1. The number of hydrazone groups is 1. The monoisotopic (exact) mass is 746 g/mol. The van der Waals surface area contributed by atoms with Crippen LogP contribution in [0.4, 0.5) is 15.8 Å². The molecular weight excluding hydrogens is 708 g/mol. The van der Waals surface area contributed by atoms with Crippen LogP contribution in [0.5, 0.6) is 0 Å². The van der Waals surface area contributed by atoms with E-state index in [2.05, 4.69) is 50.2 Å². The van der Waals surface area contributed by atoms with E-state index in [1.807, 2.05) is 45.0 Å². The molecule has 4 aromatic rings. The van der Waals surface area contributed by atoms with E-state index >= 15 is 0 Å². The quantitative estimate of drug-likeness (QED) is 0.127. The number of carbonyl (C=O) groups excluding carboxylic acids is 3. The number of amides is 3. The van der Waals surface area contributed by atoms with Gasteiger partial charge >= 0.3 is 0 Å². The molecule has 0 bridgehead atoms. The van der Waals surface area contributed by atoms with Crippen molar-refractivity contribution >= 4 is 79.4 Å². The maximum absolute atomic E-state index is 13.2. The van der Waals surface area contributed by atoms with Gasteiger partial charge in [0.2, 0.25) is 11.8 Å². The third kappa shape index (κ3) is 8.14. The molecule has 0 saturated carbocycles. The second-order valence-electron chi connectivity index (χ2n) is 12.2. The Morgan fingerprint density at radius 1 is 0.961 bits per heavy atom. The lowest BCUT2D eigenvalue weighted by Gasteiger charge is -2.24. The number of aromatic nitrogens is 1. The highest BCUT2D eigenvalue weighted by atomic mass is 35.5. The molecular formula is C36H39ClN8O4S2. The van der Waals surface area contributed by atoms with Crippen molar-refractivity contribution < 1.29 is 19.1 Å². The second kappa shape index (κ2) is 15.7. The van der Waals surface area contributed by atoms with Crippen molar-refractivity contribution in [3.8, 4) is 0 Å². The fourth-order valence-electron chi connectivity index (χ4n) is 5.75. The summed E-state index contributed by atoms with van der Waals surface area (Å²) < 4.78 is 5.66. The van der Waals surface area contributed by atoms with Gasteiger partial charge in [-0.25, -0.2) is 4.98 Å². The summed E-state index contributed by atoms with van der Waals surface area (Å²) in [6, 6.07) is 13.9. The Kier molecular flexibility index (Phi) is 11.2. The number of nitrogens with one attached hydrogen (secondary N) is 4. The molecule has 266 valence electrons. The van der Waals surface area contributed by atoms with Crippen LogP contribution in [0.2, 0.25) is 5.02 Å². The summed E-state index contributed by atoms with van der Waals surface area (Å²) >= 11 is 9.30. The van der Waals surface area contributed by atoms with Gasteiger partial charge in [0.05, 0.1) is 48.7 Å². The standard InChI is InChI=1S/C36H39ClN8O4S2/c1-19-21(3)50-35-31(19)32(24-10-12-25(37)13-11-24)41-28(33-44-43-23(5)45(33)35)18-30(47)38-15-17-49-16-14-29(46)40-27-9-7-6-8-26(27)34(48)42-36-39-20(2)22(4)51-36/h6-13,23,28,43H,14-18H2,1-5H3,(H,38,47)(H,40,46)(H,39,42,48)/t23?,28-/m0/s1. The summed E-state index contributed by atoms with van der Waals surface area (Å²) in [5.41, 5.74) is 8.65. The minimum Gasteiger partial charge on any atom is -0.379 e. The van der Waals surface area contributed by atoms with Gasteiger partial charge in [0.15, 0.2) is 11.0 Å². The molecule has 15 heteroatoms. The molecule has 2 aromatic heterocycles. The summed E-state index contributed by atoms with van der Waals surface area (Å²) in [5.74, 6) is -0.161. The van der Waals surface area contributed by atoms with Crippen LogP contribution in [0.3, 0.4) is 0 Å². The zero-order chi connectivity index (χ0) is 36.2. The number of thiophene rings is 1. The van der Waals surface area contributed by atoms with Gasteiger partial charge in [-0.2, -0.15) is 5.10 Å². The largest absolute Gasteiger partial charge is 0.379 e. The Balaban J connectivity index is 1.01. The predicted molar refractivity (Wildman–Crippen MR) is 205 cm³/mol. The smallest absolute Gasteiger partial charge is 0.259 e. The van der Waals surface area contributed by atoms with Gasteiger partial charge in [0.1, 0.15) is 17.2 Å². The molecule has 3 amide bonds. The first-order chi connectivity index (χ1) is 24.5. The molecule has 2 aliphatic heterocycles. The van der Waals surface area contributed by atoms with Gasteiger partial charge < -0.3 is 15.4 Å². The first-order valence-electron chi connectivity index (χ1n) is 16.5. The molecule has 12 nitrogen and oxygen atoms in total. The molecule has 0 aliphatic carbocycles. The predicted octanol–water partition coefficient (Wildman–Crippen LogP) is 6.18. The highest BCUT2D eigenvalue weighted by Gasteiger charge is 2.39. The number of amidine groups is 1. The van der Waals surface area contributed by atoms with E-state index in [0.29, 0.717) is 27.2 Å². The average Bonchev–Trinajstić information content (AvgIpc) is 3.70. The van der Waals surface area contributed by atoms with Crippen molar-refractivity contribution in [1.82, 2.24) is 15.7 Å². The number of halogens is 1. The van der Waals surface area contributed by atoms with E-state index < -0.39 is 6.04 Å². The summed E-state index contributed by atoms with van der Waals surface area (Å²) in [4.78, 5) is 52.7.